The van der Waals surface area contributed by atoms with Crippen molar-refractivity contribution in [2.24, 2.45) is 0 Å². The van der Waals surface area contributed by atoms with Crippen LogP contribution in [0.25, 0.3) is 10.6 Å². The van der Waals surface area contributed by atoms with Gasteiger partial charge in [-0.25, -0.2) is 4.98 Å². The lowest BCUT2D eigenvalue weighted by Gasteiger charge is -2.15. The number of carbonyl (C=O) groups excluding carboxylic acids is 1. The predicted molar refractivity (Wildman–Crippen MR) is 69.0 cm³/mol. The summed E-state index contributed by atoms with van der Waals surface area (Å²) in [7, 11) is 0. The van der Waals surface area contributed by atoms with Crippen LogP contribution in [-0.2, 0) is 6.54 Å². The Bertz CT molecular complexity index is 575. The third-order valence-corrected chi connectivity index (χ3v) is 4.00. The van der Waals surface area contributed by atoms with Gasteiger partial charge in [-0.05, 0) is 18.6 Å². The van der Waals surface area contributed by atoms with E-state index in [1.54, 1.807) is 0 Å². The maximum absolute atomic E-state index is 11.2. The number of halogens is 1. The number of nitrogens with zero attached hydrogens (tertiary/aromatic N) is 2. The van der Waals surface area contributed by atoms with Crippen molar-refractivity contribution < 1.29 is 4.79 Å². The molecule has 0 saturated carbocycles. The van der Waals surface area contributed by atoms with Crippen molar-refractivity contribution in [2.45, 2.75) is 13.0 Å². The second-order valence-electron chi connectivity index (χ2n) is 3.82. The van der Waals surface area contributed by atoms with Crippen LogP contribution in [0.15, 0.2) is 12.1 Å². The molecule has 1 aliphatic heterocycles. The van der Waals surface area contributed by atoms with E-state index in [2.05, 4.69) is 10.3 Å². The molecule has 1 N–H and O–H groups in total. The molecule has 0 unspecified atom stereocenters. The molecule has 4 nitrogen and oxygen atoms in total. The second kappa shape index (κ2) is 4.16. The molecule has 0 saturated heterocycles. The van der Waals surface area contributed by atoms with Crippen LogP contribution in [0.4, 0.5) is 5.95 Å². The molecular formula is C11H10ClN3OS. The fourth-order valence-electron chi connectivity index (χ4n) is 2.01. The molecule has 0 atom stereocenters. The summed E-state index contributed by atoms with van der Waals surface area (Å²) in [4.78, 5) is 16.6. The minimum atomic E-state index is 0.630. The molecular weight excluding hydrogens is 258 g/mol. The van der Waals surface area contributed by atoms with Crippen LogP contribution >= 0.6 is 22.9 Å². The van der Waals surface area contributed by atoms with E-state index in [9.17, 15) is 4.79 Å². The molecule has 17 heavy (non-hydrogen) atoms. The number of hydrogen-bond donors (Lipinski definition) is 1. The zero-order chi connectivity index (χ0) is 11.8. The molecule has 88 valence electrons. The van der Waals surface area contributed by atoms with E-state index in [1.807, 2.05) is 16.7 Å². The number of fused-ring (bicyclic) bond motifs is 1. The summed E-state index contributed by atoms with van der Waals surface area (Å²) in [6, 6.07) is 3.72. The van der Waals surface area contributed by atoms with Crippen LogP contribution < -0.4 is 5.32 Å². The fraction of sp³-hybridized carbons (Fsp3) is 0.273. The Morgan fingerprint density at radius 3 is 3.12 bits per heavy atom. The van der Waals surface area contributed by atoms with Crippen LogP contribution in [0.1, 0.15) is 16.9 Å². The Balaban J connectivity index is 2.16. The van der Waals surface area contributed by atoms with E-state index < -0.39 is 0 Å². The molecule has 3 heterocycles. The molecule has 0 aromatic carbocycles. The maximum Gasteiger partial charge on any atom is 0.204 e. The Hall–Kier alpha value is -1.33. The molecule has 0 amide bonds. The van der Waals surface area contributed by atoms with Gasteiger partial charge in [-0.3, -0.25) is 4.79 Å². The highest BCUT2D eigenvalue weighted by Crippen LogP contribution is 2.34. The van der Waals surface area contributed by atoms with E-state index in [-0.39, 0.29) is 0 Å². The standard InChI is InChI=1S/C11H10ClN3OS/c12-9-3-2-8(17-9)10-7(6-16)15-5-1-4-13-11(15)14-10/h2-3,6H,1,4-5H2,(H,13,14). The maximum atomic E-state index is 11.2. The molecule has 0 radical (unpaired) electrons. The zero-order valence-corrected chi connectivity index (χ0v) is 10.5. The normalized spacial score (nSPS) is 14.2. The molecule has 0 aliphatic carbocycles. The summed E-state index contributed by atoms with van der Waals surface area (Å²) >= 11 is 7.35. The lowest BCUT2D eigenvalue weighted by Crippen LogP contribution is -2.18. The van der Waals surface area contributed by atoms with Crippen molar-refractivity contribution in [3.63, 3.8) is 0 Å². The summed E-state index contributed by atoms with van der Waals surface area (Å²) in [5.74, 6) is 0.776. The van der Waals surface area contributed by atoms with Gasteiger partial charge in [0.05, 0.1) is 9.21 Å². The third kappa shape index (κ3) is 1.75. The van der Waals surface area contributed by atoms with E-state index in [0.717, 1.165) is 42.3 Å². The van der Waals surface area contributed by atoms with Crippen LogP contribution in [0.3, 0.4) is 0 Å². The SMILES string of the molecule is O=Cc1c(-c2ccc(Cl)s2)nc2n1CCCN2. The number of carbonyl (C=O) groups is 1. The Kier molecular flexibility index (Phi) is 2.64. The molecule has 0 spiro atoms. The van der Waals surface area contributed by atoms with E-state index >= 15 is 0 Å². The molecule has 0 bridgehead atoms. The van der Waals surface area contributed by atoms with Gasteiger partial charge in [0, 0.05) is 13.1 Å². The number of hydrogen-bond acceptors (Lipinski definition) is 4. The minimum absolute atomic E-state index is 0.630. The first-order chi connectivity index (χ1) is 8.29. The van der Waals surface area contributed by atoms with Gasteiger partial charge in [0.15, 0.2) is 6.29 Å². The highest BCUT2D eigenvalue weighted by Gasteiger charge is 2.20. The highest BCUT2D eigenvalue weighted by molar-refractivity contribution is 7.19. The largest absolute Gasteiger partial charge is 0.356 e. The summed E-state index contributed by atoms with van der Waals surface area (Å²) in [6.07, 6.45) is 1.88. The van der Waals surface area contributed by atoms with Gasteiger partial charge in [0.2, 0.25) is 5.95 Å². The molecule has 2 aromatic rings. The lowest BCUT2D eigenvalue weighted by molar-refractivity contribution is 0.111. The summed E-state index contributed by atoms with van der Waals surface area (Å²) < 4.78 is 2.63. The van der Waals surface area contributed by atoms with Crippen LogP contribution in [0.2, 0.25) is 4.34 Å². The second-order valence-corrected chi connectivity index (χ2v) is 5.54. The van der Waals surface area contributed by atoms with Crippen molar-refractivity contribution in [2.75, 3.05) is 11.9 Å². The minimum Gasteiger partial charge on any atom is -0.356 e. The quantitative estimate of drug-likeness (QED) is 0.851. The highest BCUT2D eigenvalue weighted by atomic mass is 35.5. The van der Waals surface area contributed by atoms with Crippen molar-refractivity contribution >= 4 is 35.2 Å². The topological polar surface area (TPSA) is 46.9 Å². The van der Waals surface area contributed by atoms with Gasteiger partial charge >= 0.3 is 0 Å². The van der Waals surface area contributed by atoms with Crippen molar-refractivity contribution in [3.05, 3.63) is 22.2 Å². The fourth-order valence-corrected chi connectivity index (χ4v) is 3.05. The number of imidazole rings is 1. The molecule has 2 aromatic heterocycles. The van der Waals surface area contributed by atoms with E-state index in [1.165, 1.54) is 11.3 Å². The first kappa shape index (κ1) is 10.8. The zero-order valence-electron chi connectivity index (χ0n) is 8.94. The van der Waals surface area contributed by atoms with Gasteiger partial charge in [0.1, 0.15) is 11.4 Å². The number of nitrogens with one attached hydrogen (secondary N) is 1. The molecule has 3 rings (SSSR count). The number of aldehydes is 1. The van der Waals surface area contributed by atoms with Gasteiger partial charge in [0.25, 0.3) is 0 Å². The Labute approximate surface area is 107 Å². The lowest BCUT2D eigenvalue weighted by atomic mass is 10.3. The summed E-state index contributed by atoms with van der Waals surface area (Å²) in [5.41, 5.74) is 1.35. The monoisotopic (exact) mass is 267 g/mol. The van der Waals surface area contributed by atoms with Crippen molar-refractivity contribution in [1.29, 1.82) is 0 Å². The van der Waals surface area contributed by atoms with Crippen LogP contribution in [0, 0.1) is 0 Å². The van der Waals surface area contributed by atoms with Gasteiger partial charge < -0.3 is 9.88 Å². The average Bonchev–Trinajstić information content (AvgIpc) is 2.91. The number of anilines is 1. The smallest absolute Gasteiger partial charge is 0.204 e. The van der Waals surface area contributed by atoms with Gasteiger partial charge in [-0.1, -0.05) is 11.6 Å². The number of thiophene rings is 1. The third-order valence-electron chi connectivity index (χ3n) is 2.77. The van der Waals surface area contributed by atoms with E-state index in [4.69, 9.17) is 11.6 Å². The van der Waals surface area contributed by atoms with Gasteiger partial charge in [-0.2, -0.15) is 0 Å². The van der Waals surface area contributed by atoms with E-state index in [0.29, 0.717) is 10.0 Å². The Morgan fingerprint density at radius 2 is 2.41 bits per heavy atom. The van der Waals surface area contributed by atoms with Crippen molar-refractivity contribution in [1.82, 2.24) is 9.55 Å². The molecule has 6 heteroatoms. The molecule has 1 aliphatic rings. The summed E-state index contributed by atoms with van der Waals surface area (Å²) in [6.45, 7) is 1.74. The average molecular weight is 268 g/mol. The predicted octanol–water partition coefficient (Wildman–Crippen LogP) is 2.89. The number of aromatic nitrogens is 2. The first-order valence-corrected chi connectivity index (χ1v) is 6.54. The van der Waals surface area contributed by atoms with Crippen LogP contribution in [-0.4, -0.2) is 22.4 Å². The molecule has 0 fully saturated rings. The first-order valence-electron chi connectivity index (χ1n) is 5.35. The Morgan fingerprint density at radius 1 is 1.53 bits per heavy atom. The summed E-state index contributed by atoms with van der Waals surface area (Å²) in [5, 5.41) is 3.20. The van der Waals surface area contributed by atoms with Gasteiger partial charge in [-0.15, -0.1) is 11.3 Å². The number of rotatable bonds is 2. The van der Waals surface area contributed by atoms with Crippen molar-refractivity contribution in [3.8, 4) is 10.6 Å². The van der Waals surface area contributed by atoms with Crippen LogP contribution in [0.5, 0.6) is 0 Å².